The highest BCUT2D eigenvalue weighted by atomic mass is 32.1. The Hall–Kier alpha value is -0.190. The van der Waals surface area contributed by atoms with Crippen molar-refractivity contribution in [3.63, 3.8) is 0 Å². The van der Waals surface area contributed by atoms with Gasteiger partial charge in [-0.3, -0.25) is 4.90 Å². The molecule has 1 heterocycles. The van der Waals surface area contributed by atoms with Crippen molar-refractivity contribution in [2.24, 2.45) is 5.73 Å². The van der Waals surface area contributed by atoms with Gasteiger partial charge in [0.25, 0.3) is 0 Å². The van der Waals surface area contributed by atoms with Crippen LogP contribution in [0, 0.1) is 0 Å². The number of hydrogen-bond donors (Lipinski definition) is 1. The molecule has 1 aliphatic rings. The number of hydrogen-bond acceptors (Lipinski definition) is 3. The van der Waals surface area contributed by atoms with Gasteiger partial charge in [0.15, 0.2) is 0 Å². The molecule has 14 heavy (non-hydrogen) atoms. The van der Waals surface area contributed by atoms with Crippen molar-refractivity contribution in [1.29, 1.82) is 0 Å². The highest BCUT2D eigenvalue weighted by Gasteiger charge is 2.18. The third kappa shape index (κ3) is 3.90. The van der Waals surface area contributed by atoms with Gasteiger partial charge in [0.2, 0.25) is 0 Å². The lowest BCUT2D eigenvalue weighted by atomic mass is 10.1. The Labute approximate surface area is 91.6 Å². The fraction of sp³-hybridized carbons (Fsp3) is 0.900. The maximum absolute atomic E-state index is 5.59. The van der Waals surface area contributed by atoms with Gasteiger partial charge in [-0.15, -0.1) is 0 Å². The van der Waals surface area contributed by atoms with Crippen molar-refractivity contribution < 1.29 is 4.74 Å². The zero-order chi connectivity index (χ0) is 10.4. The van der Waals surface area contributed by atoms with Crippen LogP contribution in [-0.2, 0) is 4.74 Å². The van der Waals surface area contributed by atoms with E-state index in [1.807, 2.05) is 0 Å². The number of nitrogens with two attached hydrogens (primary N) is 1. The Morgan fingerprint density at radius 3 is 2.93 bits per heavy atom. The summed E-state index contributed by atoms with van der Waals surface area (Å²) < 4.78 is 5.42. The number of thiocarbonyl (C=S) groups is 1. The Morgan fingerprint density at radius 1 is 1.50 bits per heavy atom. The molecular weight excluding hydrogens is 196 g/mol. The molecule has 1 atom stereocenters. The summed E-state index contributed by atoms with van der Waals surface area (Å²) in [7, 11) is 0. The summed E-state index contributed by atoms with van der Waals surface area (Å²) in [5, 5.41) is 0. The molecule has 82 valence electrons. The lowest BCUT2D eigenvalue weighted by Crippen LogP contribution is -2.39. The number of ether oxygens (including phenoxy) is 1. The quantitative estimate of drug-likeness (QED) is 0.716. The van der Waals surface area contributed by atoms with Gasteiger partial charge in [-0.2, -0.15) is 0 Å². The summed E-state index contributed by atoms with van der Waals surface area (Å²) >= 11 is 4.96. The van der Waals surface area contributed by atoms with Gasteiger partial charge in [0.05, 0.1) is 11.6 Å². The third-order valence-corrected chi connectivity index (χ3v) is 2.85. The van der Waals surface area contributed by atoms with Crippen molar-refractivity contribution in [2.45, 2.75) is 32.2 Å². The maximum Gasteiger partial charge on any atom is 0.0743 e. The van der Waals surface area contributed by atoms with Gasteiger partial charge in [0.1, 0.15) is 0 Å². The third-order valence-electron chi connectivity index (χ3n) is 2.68. The Morgan fingerprint density at radius 2 is 2.29 bits per heavy atom. The first-order valence-corrected chi connectivity index (χ1v) is 5.75. The molecule has 1 unspecified atom stereocenters. The van der Waals surface area contributed by atoms with E-state index >= 15 is 0 Å². The van der Waals surface area contributed by atoms with Gasteiger partial charge in [-0.25, -0.2) is 0 Å². The second-order valence-corrected chi connectivity index (χ2v) is 4.26. The lowest BCUT2D eigenvalue weighted by Gasteiger charge is -2.28. The van der Waals surface area contributed by atoms with Crippen molar-refractivity contribution in [3.05, 3.63) is 0 Å². The standard InChI is InChI=1S/C10H20N2OS/c1-2-9(8-10(11)14)12-4-3-6-13-7-5-12/h9H,2-8H2,1H3,(H2,11,14). The van der Waals surface area contributed by atoms with E-state index < -0.39 is 0 Å². The van der Waals surface area contributed by atoms with Crippen molar-refractivity contribution in [2.75, 3.05) is 26.3 Å². The SMILES string of the molecule is CCC(CC(N)=S)N1CCCOCC1. The summed E-state index contributed by atoms with van der Waals surface area (Å²) in [6.07, 6.45) is 3.07. The minimum Gasteiger partial charge on any atom is -0.393 e. The topological polar surface area (TPSA) is 38.5 Å². The molecule has 0 spiro atoms. The minimum atomic E-state index is 0.509. The average Bonchev–Trinajstić information content (AvgIpc) is 2.41. The van der Waals surface area contributed by atoms with Gasteiger partial charge < -0.3 is 10.5 Å². The normalized spacial score (nSPS) is 21.5. The zero-order valence-corrected chi connectivity index (χ0v) is 9.68. The van der Waals surface area contributed by atoms with E-state index in [9.17, 15) is 0 Å². The molecule has 2 N–H and O–H groups in total. The van der Waals surface area contributed by atoms with E-state index in [2.05, 4.69) is 11.8 Å². The van der Waals surface area contributed by atoms with E-state index in [4.69, 9.17) is 22.7 Å². The second kappa shape index (κ2) is 6.32. The minimum absolute atomic E-state index is 0.509. The largest absolute Gasteiger partial charge is 0.393 e. The van der Waals surface area contributed by atoms with Crippen LogP contribution in [0.5, 0.6) is 0 Å². The zero-order valence-electron chi connectivity index (χ0n) is 8.87. The van der Waals surface area contributed by atoms with E-state index in [-0.39, 0.29) is 0 Å². The molecule has 3 nitrogen and oxygen atoms in total. The van der Waals surface area contributed by atoms with E-state index in [1.165, 1.54) is 0 Å². The van der Waals surface area contributed by atoms with Gasteiger partial charge >= 0.3 is 0 Å². The van der Waals surface area contributed by atoms with E-state index in [1.54, 1.807) is 0 Å². The molecule has 1 aliphatic heterocycles. The predicted octanol–water partition coefficient (Wildman–Crippen LogP) is 1.16. The first-order valence-electron chi connectivity index (χ1n) is 5.34. The van der Waals surface area contributed by atoms with Crippen molar-refractivity contribution in [1.82, 2.24) is 4.90 Å². The molecule has 0 aromatic heterocycles. The van der Waals surface area contributed by atoms with Crippen LogP contribution >= 0.6 is 12.2 Å². The summed E-state index contributed by atoms with van der Waals surface area (Å²) in [5.74, 6) is 0. The van der Waals surface area contributed by atoms with Crippen LogP contribution in [0.1, 0.15) is 26.2 Å². The molecule has 4 heteroatoms. The Bertz CT molecular complexity index is 179. The number of rotatable bonds is 4. The van der Waals surface area contributed by atoms with Gasteiger partial charge in [-0.1, -0.05) is 19.1 Å². The second-order valence-electron chi connectivity index (χ2n) is 3.73. The molecule has 0 aromatic carbocycles. The summed E-state index contributed by atoms with van der Waals surface area (Å²) in [4.78, 5) is 3.08. The van der Waals surface area contributed by atoms with E-state index in [0.29, 0.717) is 11.0 Å². The van der Waals surface area contributed by atoms with Crippen LogP contribution in [0.15, 0.2) is 0 Å². The molecule has 1 rings (SSSR count). The van der Waals surface area contributed by atoms with Crippen LogP contribution in [0.2, 0.25) is 0 Å². The molecular formula is C10H20N2OS. The van der Waals surface area contributed by atoms with E-state index in [0.717, 1.165) is 45.6 Å². The molecule has 0 radical (unpaired) electrons. The van der Waals surface area contributed by atoms with Gasteiger partial charge in [0, 0.05) is 32.2 Å². The summed E-state index contributed by atoms with van der Waals surface area (Å²) in [6.45, 7) is 6.05. The average molecular weight is 216 g/mol. The maximum atomic E-state index is 5.59. The lowest BCUT2D eigenvalue weighted by molar-refractivity contribution is 0.131. The molecule has 0 bridgehead atoms. The smallest absolute Gasteiger partial charge is 0.0743 e. The predicted molar refractivity (Wildman–Crippen MR) is 62.5 cm³/mol. The monoisotopic (exact) mass is 216 g/mol. The van der Waals surface area contributed by atoms with Crippen LogP contribution < -0.4 is 5.73 Å². The molecule has 0 saturated carbocycles. The van der Waals surface area contributed by atoms with Crippen molar-refractivity contribution >= 4 is 17.2 Å². The molecule has 0 amide bonds. The first kappa shape index (κ1) is 11.9. The Balaban J connectivity index is 2.44. The molecule has 1 saturated heterocycles. The fourth-order valence-corrected chi connectivity index (χ4v) is 2.09. The van der Waals surface area contributed by atoms with Gasteiger partial charge in [-0.05, 0) is 12.8 Å². The molecule has 0 aromatic rings. The first-order chi connectivity index (χ1) is 6.74. The van der Waals surface area contributed by atoms with Crippen molar-refractivity contribution in [3.8, 4) is 0 Å². The highest BCUT2D eigenvalue weighted by molar-refractivity contribution is 7.80. The Kier molecular flexibility index (Phi) is 5.37. The molecule has 1 fully saturated rings. The van der Waals surface area contributed by atoms with Crippen LogP contribution in [0.3, 0.4) is 0 Å². The van der Waals surface area contributed by atoms with Crippen LogP contribution in [0.25, 0.3) is 0 Å². The highest BCUT2D eigenvalue weighted by Crippen LogP contribution is 2.11. The fourth-order valence-electron chi connectivity index (χ4n) is 1.89. The summed E-state index contributed by atoms with van der Waals surface area (Å²) in [6, 6.07) is 0.509. The van der Waals surface area contributed by atoms with Crippen LogP contribution in [-0.4, -0.2) is 42.2 Å². The van der Waals surface area contributed by atoms with Crippen LogP contribution in [0.4, 0.5) is 0 Å². The number of nitrogens with zero attached hydrogens (tertiary/aromatic N) is 1. The summed E-state index contributed by atoms with van der Waals surface area (Å²) in [5.41, 5.74) is 5.59. The molecule has 0 aliphatic carbocycles.